The molecule has 0 unspecified atom stereocenters. The number of rotatable bonds is 7. The Hall–Kier alpha value is -2.17. The van der Waals surface area contributed by atoms with E-state index in [1.807, 2.05) is 37.7 Å². The van der Waals surface area contributed by atoms with Crippen molar-refractivity contribution in [3.63, 3.8) is 0 Å². The molecule has 0 aliphatic heterocycles. The van der Waals surface area contributed by atoms with E-state index in [0.717, 1.165) is 30.7 Å². The molecular formula is C17H24N4O. The molecule has 0 fully saturated rings. The number of aryl methyl sites for hydroxylation is 3. The minimum absolute atomic E-state index is 0.109. The lowest BCUT2D eigenvalue weighted by atomic mass is 10.1. The summed E-state index contributed by atoms with van der Waals surface area (Å²) < 4.78 is 1.87. The molecule has 5 heteroatoms. The lowest BCUT2D eigenvalue weighted by Gasteiger charge is -2.06. The summed E-state index contributed by atoms with van der Waals surface area (Å²) in [6, 6.07) is 4.02. The first-order chi connectivity index (χ1) is 10.6. The zero-order valence-corrected chi connectivity index (χ0v) is 13.6. The van der Waals surface area contributed by atoms with Crippen molar-refractivity contribution >= 4 is 5.91 Å². The van der Waals surface area contributed by atoms with E-state index >= 15 is 0 Å². The van der Waals surface area contributed by atoms with Gasteiger partial charge in [0.05, 0.1) is 5.69 Å². The van der Waals surface area contributed by atoms with E-state index < -0.39 is 0 Å². The van der Waals surface area contributed by atoms with E-state index in [-0.39, 0.29) is 5.91 Å². The predicted octanol–water partition coefficient (Wildman–Crippen LogP) is 2.11. The van der Waals surface area contributed by atoms with Crippen LogP contribution in [0.1, 0.15) is 35.4 Å². The molecule has 0 spiro atoms. The standard InChI is InChI=1S/C17H24N4O/c1-13-16(14(2)21(3)20-13)6-7-17(22)19-10-4-5-15-8-11-18-12-9-15/h8-9,11-12H,4-7,10H2,1-3H3,(H,19,22). The van der Waals surface area contributed by atoms with Gasteiger partial charge in [0, 0.05) is 38.1 Å². The van der Waals surface area contributed by atoms with Crippen molar-refractivity contribution in [3.8, 4) is 0 Å². The highest BCUT2D eigenvalue weighted by Gasteiger charge is 2.11. The van der Waals surface area contributed by atoms with E-state index in [4.69, 9.17) is 0 Å². The Labute approximate surface area is 131 Å². The minimum Gasteiger partial charge on any atom is -0.356 e. The van der Waals surface area contributed by atoms with Crippen LogP contribution in [0.15, 0.2) is 24.5 Å². The zero-order chi connectivity index (χ0) is 15.9. The van der Waals surface area contributed by atoms with Crippen molar-refractivity contribution in [1.29, 1.82) is 0 Å². The Morgan fingerprint density at radius 1 is 1.23 bits per heavy atom. The van der Waals surface area contributed by atoms with Gasteiger partial charge in [-0.2, -0.15) is 5.10 Å². The fourth-order valence-corrected chi connectivity index (χ4v) is 2.58. The third-order valence-electron chi connectivity index (χ3n) is 3.97. The molecule has 1 amide bonds. The van der Waals surface area contributed by atoms with Crippen LogP contribution in [0.4, 0.5) is 0 Å². The fourth-order valence-electron chi connectivity index (χ4n) is 2.58. The molecule has 0 radical (unpaired) electrons. The summed E-state index contributed by atoms with van der Waals surface area (Å²) in [7, 11) is 1.94. The number of amides is 1. The molecule has 2 heterocycles. The molecule has 1 N–H and O–H groups in total. The topological polar surface area (TPSA) is 59.8 Å². The first-order valence-corrected chi connectivity index (χ1v) is 7.72. The zero-order valence-electron chi connectivity index (χ0n) is 13.6. The van der Waals surface area contributed by atoms with Gasteiger partial charge >= 0.3 is 0 Å². The first-order valence-electron chi connectivity index (χ1n) is 7.72. The van der Waals surface area contributed by atoms with Gasteiger partial charge in [0.2, 0.25) is 5.91 Å². The van der Waals surface area contributed by atoms with Crippen LogP contribution in [-0.4, -0.2) is 27.2 Å². The molecule has 0 aliphatic carbocycles. The van der Waals surface area contributed by atoms with Crippen LogP contribution in [0.3, 0.4) is 0 Å². The molecule has 2 aromatic rings. The lowest BCUT2D eigenvalue weighted by Crippen LogP contribution is -2.25. The second-order valence-electron chi connectivity index (χ2n) is 5.58. The van der Waals surface area contributed by atoms with Crippen molar-refractivity contribution in [3.05, 3.63) is 47.0 Å². The number of nitrogens with zero attached hydrogens (tertiary/aromatic N) is 3. The third kappa shape index (κ3) is 4.41. The maximum absolute atomic E-state index is 11.9. The maximum atomic E-state index is 11.9. The maximum Gasteiger partial charge on any atom is 0.220 e. The van der Waals surface area contributed by atoms with Gasteiger partial charge in [-0.3, -0.25) is 14.5 Å². The average Bonchev–Trinajstić information content (AvgIpc) is 2.76. The van der Waals surface area contributed by atoms with Crippen molar-refractivity contribution in [1.82, 2.24) is 20.1 Å². The van der Waals surface area contributed by atoms with Gasteiger partial charge in [0.15, 0.2) is 0 Å². The fraction of sp³-hybridized carbons (Fsp3) is 0.471. The molecule has 0 atom stereocenters. The number of hydrogen-bond donors (Lipinski definition) is 1. The molecule has 2 aromatic heterocycles. The van der Waals surface area contributed by atoms with E-state index in [9.17, 15) is 4.79 Å². The van der Waals surface area contributed by atoms with E-state index in [2.05, 4.69) is 15.4 Å². The quantitative estimate of drug-likeness (QED) is 0.797. The number of pyridine rings is 1. The minimum atomic E-state index is 0.109. The molecule has 0 bridgehead atoms. The van der Waals surface area contributed by atoms with Crippen LogP contribution in [-0.2, 0) is 24.7 Å². The molecule has 2 rings (SSSR count). The summed E-state index contributed by atoms with van der Waals surface area (Å²) in [6.07, 6.45) is 6.77. The van der Waals surface area contributed by atoms with Gasteiger partial charge in [0.25, 0.3) is 0 Å². The molecule has 5 nitrogen and oxygen atoms in total. The Morgan fingerprint density at radius 2 is 1.95 bits per heavy atom. The summed E-state index contributed by atoms with van der Waals surface area (Å²) in [5.41, 5.74) is 4.61. The predicted molar refractivity (Wildman–Crippen MR) is 86.6 cm³/mol. The van der Waals surface area contributed by atoms with Gasteiger partial charge in [0.1, 0.15) is 0 Å². The number of carbonyl (C=O) groups is 1. The molecule has 0 saturated heterocycles. The van der Waals surface area contributed by atoms with Crippen LogP contribution < -0.4 is 5.32 Å². The Balaban J connectivity index is 1.68. The van der Waals surface area contributed by atoms with Crippen LogP contribution in [0.5, 0.6) is 0 Å². The van der Waals surface area contributed by atoms with Crippen molar-refractivity contribution in [2.24, 2.45) is 7.05 Å². The van der Waals surface area contributed by atoms with Gasteiger partial charge in [-0.15, -0.1) is 0 Å². The number of carbonyl (C=O) groups excluding carboxylic acids is 1. The lowest BCUT2D eigenvalue weighted by molar-refractivity contribution is -0.121. The number of nitrogens with one attached hydrogen (secondary N) is 1. The Kier molecular flexibility index (Phi) is 5.69. The molecule has 0 aromatic carbocycles. The second-order valence-corrected chi connectivity index (χ2v) is 5.58. The first kappa shape index (κ1) is 16.2. The second kappa shape index (κ2) is 7.73. The smallest absolute Gasteiger partial charge is 0.220 e. The summed E-state index contributed by atoms with van der Waals surface area (Å²) >= 11 is 0. The molecule has 22 heavy (non-hydrogen) atoms. The van der Waals surface area contributed by atoms with Crippen LogP contribution >= 0.6 is 0 Å². The Bertz CT molecular complexity index is 619. The van der Waals surface area contributed by atoms with Gasteiger partial charge in [-0.05, 0) is 56.4 Å². The Morgan fingerprint density at radius 3 is 2.59 bits per heavy atom. The molecule has 0 aliphatic rings. The van der Waals surface area contributed by atoms with E-state index in [1.54, 1.807) is 12.4 Å². The number of aromatic nitrogens is 3. The summed E-state index contributed by atoms with van der Waals surface area (Å²) in [6.45, 7) is 4.75. The molecule has 0 saturated carbocycles. The highest BCUT2D eigenvalue weighted by Crippen LogP contribution is 2.13. The van der Waals surface area contributed by atoms with E-state index in [1.165, 1.54) is 11.1 Å². The SMILES string of the molecule is Cc1nn(C)c(C)c1CCC(=O)NCCCc1ccncc1. The van der Waals surface area contributed by atoms with Crippen molar-refractivity contribution < 1.29 is 4.79 Å². The average molecular weight is 300 g/mol. The summed E-state index contributed by atoms with van der Waals surface area (Å²) in [5, 5.41) is 7.36. The third-order valence-corrected chi connectivity index (χ3v) is 3.97. The van der Waals surface area contributed by atoms with Crippen molar-refractivity contribution in [2.45, 2.75) is 39.5 Å². The summed E-state index contributed by atoms with van der Waals surface area (Å²) in [5.74, 6) is 0.109. The highest BCUT2D eigenvalue weighted by atomic mass is 16.1. The summed E-state index contributed by atoms with van der Waals surface area (Å²) in [4.78, 5) is 15.9. The van der Waals surface area contributed by atoms with Crippen LogP contribution in [0.25, 0.3) is 0 Å². The molecule has 118 valence electrons. The highest BCUT2D eigenvalue weighted by molar-refractivity contribution is 5.76. The monoisotopic (exact) mass is 300 g/mol. The van der Waals surface area contributed by atoms with Crippen molar-refractivity contribution in [2.75, 3.05) is 6.54 Å². The van der Waals surface area contributed by atoms with E-state index in [0.29, 0.717) is 13.0 Å². The number of hydrogen-bond acceptors (Lipinski definition) is 3. The van der Waals surface area contributed by atoms with Gasteiger partial charge < -0.3 is 5.32 Å². The largest absolute Gasteiger partial charge is 0.356 e. The molecular weight excluding hydrogens is 276 g/mol. The van der Waals surface area contributed by atoms with Crippen LogP contribution in [0, 0.1) is 13.8 Å². The van der Waals surface area contributed by atoms with Crippen LogP contribution in [0.2, 0.25) is 0 Å². The van der Waals surface area contributed by atoms with Gasteiger partial charge in [-0.1, -0.05) is 0 Å². The normalized spacial score (nSPS) is 10.7. The van der Waals surface area contributed by atoms with Gasteiger partial charge in [-0.25, -0.2) is 0 Å².